The Labute approximate surface area is 192 Å². The second-order valence-electron chi connectivity index (χ2n) is 6.73. The predicted molar refractivity (Wildman–Crippen MR) is 128 cm³/mol. The van der Waals surface area contributed by atoms with Crippen LogP contribution in [-0.4, -0.2) is 33.1 Å². The number of hydrogen-bond donors (Lipinski definition) is 2. The molecule has 0 atom stereocenters. The van der Waals surface area contributed by atoms with Gasteiger partial charge in [-0.05, 0) is 89.2 Å². The molecule has 31 heavy (non-hydrogen) atoms. The summed E-state index contributed by atoms with van der Waals surface area (Å²) in [6, 6.07) is 18.4. The van der Waals surface area contributed by atoms with Gasteiger partial charge in [0.05, 0.1) is 18.4 Å². The van der Waals surface area contributed by atoms with Crippen molar-refractivity contribution in [3.8, 4) is 11.4 Å². The van der Waals surface area contributed by atoms with E-state index < -0.39 is 0 Å². The summed E-state index contributed by atoms with van der Waals surface area (Å²) in [4.78, 5) is 14.0. The Bertz CT molecular complexity index is 1290. The van der Waals surface area contributed by atoms with E-state index in [-0.39, 0.29) is 11.0 Å². The number of fused-ring (bicyclic) bond motifs is 1. The molecule has 0 bridgehead atoms. The number of hydrogen-bond acceptors (Lipinski definition) is 5. The summed E-state index contributed by atoms with van der Waals surface area (Å²) in [5.41, 5.74) is 4.44. The number of thiocarbonyl (C=S) groups is 1. The molecule has 0 saturated heterocycles. The molecule has 0 unspecified atom stereocenters. The number of aromatic nitrogens is 3. The van der Waals surface area contributed by atoms with Crippen molar-refractivity contribution < 1.29 is 9.53 Å². The summed E-state index contributed by atoms with van der Waals surface area (Å²) in [6.07, 6.45) is 0. The maximum absolute atomic E-state index is 12.5. The van der Waals surface area contributed by atoms with Crippen molar-refractivity contribution in [3.05, 3.63) is 76.3 Å². The lowest BCUT2D eigenvalue weighted by atomic mass is 10.2. The summed E-state index contributed by atoms with van der Waals surface area (Å²) in [5, 5.41) is 15.1. The molecule has 0 saturated carbocycles. The van der Waals surface area contributed by atoms with Gasteiger partial charge in [-0.2, -0.15) is 4.80 Å². The minimum Gasteiger partial charge on any atom is -0.497 e. The second-order valence-corrected chi connectivity index (χ2v) is 7.99. The van der Waals surface area contributed by atoms with E-state index in [1.165, 1.54) is 0 Å². The maximum Gasteiger partial charge on any atom is 0.258 e. The number of benzene rings is 3. The molecule has 4 aromatic rings. The van der Waals surface area contributed by atoms with Crippen LogP contribution in [0.15, 0.2) is 65.1 Å². The number of ether oxygens (including phenoxy) is 1. The lowest BCUT2D eigenvalue weighted by molar-refractivity contribution is 0.0977. The van der Waals surface area contributed by atoms with Gasteiger partial charge in [-0.3, -0.25) is 10.1 Å². The SMILES string of the molecule is COc1ccc(-n2nc3cc(C)c(NC(=S)NC(=O)c4ccccc4Br)cc3n2)cc1. The highest BCUT2D eigenvalue weighted by Gasteiger charge is 2.13. The fraction of sp³-hybridized carbons (Fsp3) is 0.0909. The van der Waals surface area contributed by atoms with Gasteiger partial charge in [0.2, 0.25) is 0 Å². The molecule has 1 amide bonds. The van der Waals surface area contributed by atoms with Gasteiger partial charge < -0.3 is 10.1 Å². The number of nitrogens with zero attached hydrogens (tertiary/aromatic N) is 3. The molecule has 7 nitrogen and oxygen atoms in total. The molecule has 0 radical (unpaired) electrons. The standard InChI is InChI=1S/C22H18BrN5O2S/c1-13-11-19-20(27-28(26-19)14-7-9-15(30-2)10-8-14)12-18(13)24-22(31)25-21(29)16-5-3-4-6-17(16)23/h3-12H,1-2H3,(H2,24,25,29,31). The Kier molecular flexibility index (Phi) is 5.97. The summed E-state index contributed by atoms with van der Waals surface area (Å²) < 4.78 is 5.89. The summed E-state index contributed by atoms with van der Waals surface area (Å²) in [7, 11) is 1.62. The molecule has 3 aromatic carbocycles. The van der Waals surface area contributed by atoms with Gasteiger partial charge in [-0.25, -0.2) is 0 Å². The van der Waals surface area contributed by atoms with Crippen molar-refractivity contribution in [3.63, 3.8) is 0 Å². The molecule has 0 aliphatic heterocycles. The van der Waals surface area contributed by atoms with Crippen LogP contribution >= 0.6 is 28.1 Å². The lowest BCUT2D eigenvalue weighted by Crippen LogP contribution is -2.34. The lowest BCUT2D eigenvalue weighted by Gasteiger charge is -2.12. The van der Waals surface area contributed by atoms with Gasteiger partial charge in [-0.15, -0.1) is 10.2 Å². The minimum absolute atomic E-state index is 0.200. The van der Waals surface area contributed by atoms with Crippen LogP contribution in [0.4, 0.5) is 5.69 Å². The fourth-order valence-electron chi connectivity index (χ4n) is 3.00. The molecule has 1 aromatic heterocycles. The number of halogens is 1. The third-order valence-corrected chi connectivity index (χ3v) is 5.52. The predicted octanol–water partition coefficient (Wildman–Crippen LogP) is 4.63. The summed E-state index contributed by atoms with van der Waals surface area (Å²) in [6.45, 7) is 1.94. The van der Waals surface area contributed by atoms with Crippen molar-refractivity contribution in [2.45, 2.75) is 6.92 Å². The van der Waals surface area contributed by atoms with E-state index >= 15 is 0 Å². The normalized spacial score (nSPS) is 10.7. The molecule has 1 heterocycles. The summed E-state index contributed by atoms with van der Waals surface area (Å²) in [5.74, 6) is 0.468. The Morgan fingerprint density at radius 1 is 1.06 bits per heavy atom. The number of amides is 1. The maximum atomic E-state index is 12.5. The largest absolute Gasteiger partial charge is 0.497 e. The molecule has 0 fully saturated rings. The molecule has 4 rings (SSSR count). The monoisotopic (exact) mass is 495 g/mol. The van der Waals surface area contributed by atoms with Crippen LogP contribution in [-0.2, 0) is 0 Å². The molecule has 0 spiro atoms. The van der Waals surface area contributed by atoms with Crippen LogP contribution in [0.3, 0.4) is 0 Å². The molecule has 156 valence electrons. The van der Waals surface area contributed by atoms with Crippen molar-refractivity contribution in [1.29, 1.82) is 0 Å². The molecule has 2 N–H and O–H groups in total. The minimum atomic E-state index is -0.297. The number of nitrogens with one attached hydrogen (secondary N) is 2. The number of carbonyl (C=O) groups excluding carboxylic acids is 1. The smallest absolute Gasteiger partial charge is 0.258 e. The Balaban J connectivity index is 1.53. The van der Waals surface area contributed by atoms with Gasteiger partial charge in [0.1, 0.15) is 16.8 Å². The zero-order valence-electron chi connectivity index (χ0n) is 16.7. The van der Waals surface area contributed by atoms with Crippen molar-refractivity contribution in [2.75, 3.05) is 12.4 Å². The van der Waals surface area contributed by atoms with Crippen LogP contribution in [0, 0.1) is 6.92 Å². The van der Waals surface area contributed by atoms with Crippen molar-refractivity contribution in [2.24, 2.45) is 0 Å². The van der Waals surface area contributed by atoms with Gasteiger partial charge in [0.25, 0.3) is 5.91 Å². The highest BCUT2D eigenvalue weighted by Crippen LogP contribution is 2.23. The quantitative estimate of drug-likeness (QED) is 0.401. The average molecular weight is 496 g/mol. The van der Waals surface area contributed by atoms with E-state index in [2.05, 4.69) is 36.8 Å². The first-order valence-electron chi connectivity index (χ1n) is 9.33. The number of carbonyl (C=O) groups is 1. The van der Waals surface area contributed by atoms with Crippen LogP contribution in [0.5, 0.6) is 5.75 Å². The highest BCUT2D eigenvalue weighted by molar-refractivity contribution is 9.10. The van der Waals surface area contributed by atoms with Crippen molar-refractivity contribution in [1.82, 2.24) is 20.3 Å². The van der Waals surface area contributed by atoms with Crippen LogP contribution in [0.2, 0.25) is 0 Å². The number of aryl methyl sites for hydroxylation is 1. The molecular weight excluding hydrogens is 478 g/mol. The summed E-state index contributed by atoms with van der Waals surface area (Å²) >= 11 is 8.70. The average Bonchev–Trinajstić information content (AvgIpc) is 3.17. The second kappa shape index (κ2) is 8.83. The zero-order chi connectivity index (χ0) is 22.0. The number of anilines is 1. The zero-order valence-corrected chi connectivity index (χ0v) is 19.1. The van der Waals surface area contributed by atoms with Gasteiger partial charge in [0, 0.05) is 10.2 Å². The van der Waals surface area contributed by atoms with Crippen LogP contribution in [0.25, 0.3) is 16.7 Å². The first kappa shape index (κ1) is 21.0. The highest BCUT2D eigenvalue weighted by atomic mass is 79.9. The third-order valence-electron chi connectivity index (χ3n) is 4.62. The van der Waals surface area contributed by atoms with E-state index in [0.29, 0.717) is 15.6 Å². The first-order valence-corrected chi connectivity index (χ1v) is 10.5. The molecule has 0 aliphatic carbocycles. The van der Waals surface area contributed by atoms with Crippen LogP contribution < -0.4 is 15.4 Å². The molecular formula is C22H18BrN5O2S. The third kappa shape index (κ3) is 4.57. The fourth-order valence-corrected chi connectivity index (χ4v) is 3.67. The van der Waals surface area contributed by atoms with Gasteiger partial charge in [-0.1, -0.05) is 12.1 Å². The number of rotatable bonds is 4. The Morgan fingerprint density at radius 3 is 2.42 bits per heavy atom. The number of methoxy groups -OCH3 is 1. The van der Waals surface area contributed by atoms with E-state index in [1.807, 2.05) is 49.4 Å². The van der Waals surface area contributed by atoms with E-state index in [0.717, 1.165) is 28.2 Å². The molecule has 9 heteroatoms. The van der Waals surface area contributed by atoms with Gasteiger partial charge >= 0.3 is 0 Å². The van der Waals surface area contributed by atoms with E-state index in [4.69, 9.17) is 17.0 Å². The van der Waals surface area contributed by atoms with E-state index in [1.54, 1.807) is 30.1 Å². The van der Waals surface area contributed by atoms with Crippen molar-refractivity contribution >= 4 is 55.9 Å². The topological polar surface area (TPSA) is 81.1 Å². The van der Waals surface area contributed by atoms with Crippen LogP contribution in [0.1, 0.15) is 15.9 Å². The molecule has 0 aliphatic rings. The van der Waals surface area contributed by atoms with E-state index in [9.17, 15) is 4.79 Å². The Hall–Kier alpha value is -3.30. The first-order chi connectivity index (χ1) is 14.9. The Morgan fingerprint density at radius 2 is 1.74 bits per heavy atom. The van der Waals surface area contributed by atoms with Gasteiger partial charge in [0.15, 0.2) is 5.11 Å².